The summed E-state index contributed by atoms with van der Waals surface area (Å²) >= 11 is 6.03. The van der Waals surface area contributed by atoms with Crippen molar-refractivity contribution in [1.82, 2.24) is 24.5 Å². The Kier molecular flexibility index (Phi) is 4.70. The van der Waals surface area contributed by atoms with Crippen molar-refractivity contribution in [2.45, 2.75) is 13.1 Å². The maximum absolute atomic E-state index is 11.9. The Morgan fingerprint density at radius 2 is 2.30 bits per heavy atom. The minimum Gasteiger partial charge on any atom is -0.383 e. The molecule has 2 rings (SSSR count). The molecule has 1 N–H and O–H groups in total. The van der Waals surface area contributed by atoms with Gasteiger partial charge in [-0.1, -0.05) is 11.6 Å². The van der Waals surface area contributed by atoms with Crippen LogP contribution >= 0.6 is 11.6 Å². The lowest BCUT2D eigenvalue weighted by Crippen LogP contribution is -2.26. The Bertz CT molecular complexity index is 638. The quantitative estimate of drug-likeness (QED) is 0.824. The standard InChI is InChI=1S/C11H15ClN6O2/c1-17-7-14-9(16-17)6-13-8-5-15-18(3-4-20-2)11(19)10(8)12/h5,7,13H,3-4,6H2,1-2H3. The van der Waals surface area contributed by atoms with E-state index in [2.05, 4.69) is 20.5 Å². The van der Waals surface area contributed by atoms with Crippen molar-refractivity contribution < 1.29 is 4.74 Å². The second kappa shape index (κ2) is 6.49. The summed E-state index contributed by atoms with van der Waals surface area (Å²) in [6.45, 7) is 1.12. The molecule has 20 heavy (non-hydrogen) atoms. The molecule has 0 bridgehead atoms. The lowest BCUT2D eigenvalue weighted by atomic mass is 10.4. The number of hydrogen-bond donors (Lipinski definition) is 1. The van der Waals surface area contributed by atoms with Gasteiger partial charge in [-0.2, -0.15) is 10.2 Å². The monoisotopic (exact) mass is 298 g/mol. The Labute approximate surface area is 120 Å². The number of nitrogens with zero attached hydrogens (tertiary/aromatic N) is 5. The molecule has 0 fully saturated rings. The summed E-state index contributed by atoms with van der Waals surface area (Å²) in [4.78, 5) is 16.0. The van der Waals surface area contributed by atoms with E-state index in [1.165, 1.54) is 10.9 Å². The van der Waals surface area contributed by atoms with Gasteiger partial charge < -0.3 is 10.1 Å². The van der Waals surface area contributed by atoms with Gasteiger partial charge in [0.15, 0.2) is 5.82 Å². The van der Waals surface area contributed by atoms with Crippen molar-refractivity contribution in [1.29, 1.82) is 0 Å². The van der Waals surface area contributed by atoms with Crippen molar-refractivity contribution in [2.75, 3.05) is 19.0 Å². The van der Waals surface area contributed by atoms with Gasteiger partial charge in [-0.25, -0.2) is 9.67 Å². The van der Waals surface area contributed by atoms with E-state index in [0.29, 0.717) is 31.2 Å². The lowest BCUT2D eigenvalue weighted by molar-refractivity contribution is 0.182. The summed E-state index contributed by atoms with van der Waals surface area (Å²) < 4.78 is 7.76. The molecule has 0 saturated heterocycles. The largest absolute Gasteiger partial charge is 0.383 e. The van der Waals surface area contributed by atoms with Crippen LogP contribution in [0.3, 0.4) is 0 Å². The predicted octanol–water partition coefficient (Wildman–Crippen LogP) is 0.284. The van der Waals surface area contributed by atoms with E-state index >= 15 is 0 Å². The maximum atomic E-state index is 11.9. The van der Waals surface area contributed by atoms with Crippen molar-refractivity contribution in [3.05, 3.63) is 33.7 Å². The molecular formula is C11H15ClN6O2. The molecule has 2 heterocycles. The lowest BCUT2D eigenvalue weighted by Gasteiger charge is -2.08. The summed E-state index contributed by atoms with van der Waals surface area (Å²) in [5, 5.41) is 11.2. The number of halogens is 1. The van der Waals surface area contributed by atoms with Crippen molar-refractivity contribution in [3.63, 3.8) is 0 Å². The van der Waals surface area contributed by atoms with E-state index in [1.807, 2.05) is 0 Å². The van der Waals surface area contributed by atoms with Crippen LogP contribution in [-0.2, 0) is 24.9 Å². The number of nitrogens with one attached hydrogen (secondary N) is 1. The number of hydrogen-bond acceptors (Lipinski definition) is 6. The molecule has 0 aliphatic heterocycles. The smallest absolute Gasteiger partial charge is 0.287 e. The average Bonchev–Trinajstić information content (AvgIpc) is 2.85. The molecule has 2 aromatic heterocycles. The number of aryl methyl sites for hydroxylation is 1. The zero-order valence-corrected chi connectivity index (χ0v) is 12.0. The van der Waals surface area contributed by atoms with Crippen LogP contribution in [0.2, 0.25) is 5.02 Å². The van der Waals surface area contributed by atoms with Crippen LogP contribution < -0.4 is 10.9 Å². The van der Waals surface area contributed by atoms with Crippen LogP contribution in [0.25, 0.3) is 0 Å². The zero-order valence-electron chi connectivity index (χ0n) is 11.2. The minimum absolute atomic E-state index is 0.0898. The number of ether oxygens (including phenoxy) is 1. The SMILES string of the molecule is COCCn1ncc(NCc2ncn(C)n2)c(Cl)c1=O. The van der Waals surface area contributed by atoms with E-state index in [1.54, 1.807) is 25.2 Å². The van der Waals surface area contributed by atoms with Crippen LogP contribution in [0, 0.1) is 0 Å². The van der Waals surface area contributed by atoms with Crippen LogP contribution in [-0.4, -0.2) is 38.3 Å². The highest BCUT2D eigenvalue weighted by Gasteiger charge is 2.09. The average molecular weight is 299 g/mol. The van der Waals surface area contributed by atoms with Crippen LogP contribution in [0.5, 0.6) is 0 Å². The van der Waals surface area contributed by atoms with Crippen LogP contribution in [0.1, 0.15) is 5.82 Å². The molecule has 0 amide bonds. The first-order valence-corrected chi connectivity index (χ1v) is 6.32. The van der Waals surface area contributed by atoms with E-state index in [9.17, 15) is 4.79 Å². The highest BCUT2D eigenvalue weighted by Crippen LogP contribution is 2.15. The first-order valence-electron chi connectivity index (χ1n) is 5.94. The number of anilines is 1. The number of methoxy groups -OCH3 is 1. The van der Waals surface area contributed by atoms with Gasteiger partial charge >= 0.3 is 0 Å². The second-order valence-corrected chi connectivity index (χ2v) is 4.46. The van der Waals surface area contributed by atoms with Crippen molar-refractivity contribution in [3.8, 4) is 0 Å². The maximum Gasteiger partial charge on any atom is 0.287 e. The number of aromatic nitrogens is 5. The van der Waals surface area contributed by atoms with Gasteiger partial charge in [-0.05, 0) is 0 Å². The molecular weight excluding hydrogens is 284 g/mol. The third-order valence-electron chi connectivity index (χ3n) is 2.58. The summed E-state index contributed by atoms with van der Waals surface area (Å²) in [6.07, 6.45) is 3.10. The van der Waals surface area contributed by atoms with Crippen LogP contribution in [0.15, 0.2) is 17.3 Å². The molecule has 9 heteroatoms. The molecule has 0 aromatic carbocycles. The Morgan fingerprint density at radius 3 is 2.95 bits per heavy atom. The Morgan fingerprint density at radius 1 is 1.50 bits per heavy atom. The van der Waals surface area contributed by atoms with E-state index in [-0.39, 0.29) is 10.6 Å². The van der Waals surface area contributed by atoms with Gasteiger partial charge in [0.1, 0.15) is 11.3 Å². The van der Waals surface area contributed by atoms with E-state index < -0.39 is 0 Å². The normalized spacial score (nSPS) is 10.8. The summed E-state index contributed by atoms with van der Waals surface area (Å²) in [5.41, 5.74) is 0.0977. The second-order valence-electron chi connectivity index (χ2n) is 4.08. The topological polar surface area (TPSA) is 86.9 Å². The van der Waals surface area contributed by atoms with Gasteiger partial charge in [-0.3, -0.25) is 9.48 Å². The highest BCUT2D eigenvalue weighted by atomic mass is 35.5. The van der Waals surface area contributed by atoms with E-state index in [0.717, 1.165) is 0 Å². The first kappa shape index (κ1) is 14.5. The molecule has 0 atom stereocenters. The van der Waals surface area contributed by atoms with Gasteiger partial charge in [0, 0.05) is 14.2 Å². The Hall–Kier alpha value is -1.93. The molecule has 0 aliphatic carbocycles. The summed E-state index contributed by atoms with van der Waals surface area (Å²) in [6, 6.07) is 0. The fourth-order valence-electron chi connectivity index (χ4n) is 1.56. The van der Waals surface area contributed by atoms with Gasteiger partial charge in [0.2, 0.25) is 0 Å². The van der Waals surface area contributed by atoms with Crippen molar-refractivity contribution in [2.24, 2.45) is 7.05 Å². The molecule has 2 aromatic rings. The minimum atomic E-state index is -0.359. The first-order chi connectivity index (χ1) is 9.61. The van der Waals surface area contributed by atoms with Gasteiger partial charge in [0.25, 0.3) is 5.56 Å². The summed E-state index contributed by atoms with van der Waals surface area (Å²) in [7, 11) is 3.34. The molecule has 0 unspecified atom stereocenters. The Balaban J connectivity index is 2.09. The molecule has 8 nitrogen and oxygen atoms in total. The predicted molar refractivity (Wildman–Crippen MR) is 73.7 cm³/mol. The van der Waals surface area contributed by atoms with Crippen LogP contribution in [0.4, 0.5) is 5.69 Å². The highest BCUT2D eigenvalue weighted by molar-refractivity contribution is 6.32. The van der Waals surface area contributed by atoms with Gasteiger partial charge in [0.05, 0.1) is 31.6 Å². The third kappa shape index (κ3) is 3.34. The number of rotatable bonds is 6. The van der Waals surface area contributed by atoms with Crippen molar-refractivity contribution >= 4 is 17.3 Å². The van der Waals surface area contributed by atoms with Gasteiger partial charge in [-0.15, -0.1) is 0 Å². The molecule has 0 aliphatic rings. The van der Waals surface area contributed by atoms with E-state index in [4.69, 9.17) is 16.3 Å². The fourth-order valence-corrected chi connectivity index (χ4v) is 1.78. The molecule has 108 valence electrons. The third-order valence-corrected chi connectivity index (χ3v) is 2.94. The molecule has 0 spiro atoms. The zero-order chi connectivity index (χ0) is 14.5. The fraction of sp³-hybridized carbons (Fsp3) is 0.455. The summed E-state index contributed by atoms with van der Waals surface area (Å²) in [5.74, 6) is 0.604. The molecule has 0 radical (unpaired) electrons. The molecule has 0 saturated carbocycles.